The van der Waals surface area contributed by atoms with Crippen LogP contribution in [0.2, 0.25) is 19.6 Å². The predicted molar refractivity (Wildman–Crippen MR) is 199 cm³/mol. The highest BCUT2D eigenvalue weighted by Gasteiger charge is 2.52. The maximum atomic E-state index is 13.3. The van der Waals surface area contributed by atoms with Crippen molar-refractivity contribution in [3.05, 3.63) is 87.5 Å². The van der Waals surface area contributed by atoms with Crippen LogP contribution in [0.25, 0.3) is 11.1 Å². The molecule has 1 amide bonds. The second kappa shape index (κ2) is 12.8. The Hall–Kier alpha value is -3.35. The third-order valence-corrected chi connectivity index (χ3v) is 11.7. The van der Waals surface area contributed by atoms with Gasteiger partial charge in [-0.05, 0) is 98.4 Å². The van der Waals surface area contributed by atoms with Gasteiger partial charge in [0.05, 0.1) is 11.2 Å². The number of carbonyl (C=O) groups excluding carboxylic acids is 1. The zero-order valence-electron chi connectivity index (χ0n) is 30.5. The standard InChI is InChI=1S/C40H51BN2O4Si/c1-27-30(19-24-48(8,9)10)28(2)37(41-46-39(4,5)40(6,7)47-41)29(3)35(27)25-42-20-22-43(23-21-42)38(44)45-26-36-33-17-13-11-15-31(33)32-16-12-14-18-34(32)36/h11-18,36H,20-23,25-26H2,1-10H3. The molecule has 3 aromatic rings. The molecular weight excluding hydrogens is 611 g/mol. The molecule has 252 valence electrons. The Morgan fingerprint density at radius 1 is 0.854 bits per heavy atom. The molecule has 2 saturated heterocycles. The molecular formula is C40H51BN2O4Si. The van der Waals surface area contributed by atoms with Crippen LogP contribution in [0, 0.1) is 32.2 Å². The molecule has 0 unspecified atom stereocenters. The Morgan fingerprint density at radius 3 is 1.94 bits per heavy atom. The molecule has 3 aliphatic rings. The lowest BCUT2D eigenvalue weighted by molar-refractivity contribution is 0.00578. The van der Waals surface area contributed by atoms with Crippen LogP contribution >= 0.6 is 0 Å². The monoisotopic (exact) mass is 662 g/mol. The first-order chi connectivity index (χ1) is 22.6. The Balaban J connectivity index is 1.17. The maximum Gasteiger partial charge on any atom is 0.495 e. The molecule has 0 N–H and O–H groups in total. The fourth-order valence-electron chi connectivity index (χ4n) is 7.28. The molecule has 0 atom stereocenters. The van der Waals surface area contributed by atoms with Crippen LogP contribution in [0.15, 0.2) is 48.5 Å². The van der Waals surface area contributed by atoms with Gasteiger partial charge < -0.3 is 18.9 Å². The number of nitrogens with zero attached hydrogens (tertiary/aromatic N) is 2. The number of fused-ring (bicyclic) bond motifs is 3. The van der Waals surface area contributed by atoms with Crippen molar-refractivity contribution < 1.29 is 18.8 Å². The second-order valence-electron chi connectivity index (χ2n) is 15.8. The fraction of sp³-hybridized carbons (Fsp3) is 0.475. The molecule has 2 aliphatic heterocycles. The van der Waals surface area contributed by atoms with Crippen LogP contribution in [-0.2, 0) is 20.6 Å². The predicted octanol–water partition coefficient (Wildman–Crippen LogP) is 7.21. The smallest absolute Gasteiger partial charge is 0.448 e. The number of benzene rings is 3. The molecule has 0 bridgehead atoms. The van der Waals surface area contributed by atoms with E-state index in [1.807, 2.05) is 4.90 Å². The molecule has 6 rings (SSSR count). The largest absolute Gasteiger partial charge is 0.495 e. The minimum atomic E-state index is -1.61. The van der Waals surface area contributed by atoms with Crippen molar-refractivity contribution in [1.29, 1.82) is 0 Å². The van der Waals surface area contributed by atoms with E-state index in [0.717, 1.165) is 36.2 Å². The SMILES string of the molecule is Cc1c(C#C[Si](C)(C)C)c(C)c(B2OC(C)(C)C(C)(C)O2)c(C)c1CN1CCN(C(=O)OCC2c3ccccc3-c3ccccc32)CC1. The van der Waals surface area contributed by atoms with Gasteiger partial charge in [-0.2, -0.15) is 0 Å². The van der Waals surface area contributed by atoms with E-state index in [1.54, 1.807) is 0 Å². The molecule has 48 heavy (non-hydrogen) atoms. The summed E-state index contributed by atoms with van der Waals surface area (Å²) < 4.78 is 19.2. The third-order valence-electron chi connectivity index (χ3n) is 10.9. The lowest BCUT2D eigenvalue weighted by Crippen LogP contribution is -2.49. The molecule has 0 saturated carbocycles. The Morgan fingerprint density at radius 2 is 1.40 bits per heavy atom. The summed E-state index contributed by atoms with van der Waals surface area (Å²) in [5, 5.41) is 0. The van der Waals surface area contributed by atoms with Crippen molar-refractivity contribution >= 4 is 26.7 Å². The number of hydrogen-bond acceptors (Lipinski definition) is 5. The Bertz CT molecular complexity index is 1730. The Labute approximate surface area is 289 Å². The normalized spacial score (nSPS) is 18.7. The van der Waals surface area contributed by atoms with E-state index in [4.69, 9.17) is 14.0 Å². The molecule has 3 aromatic carbocycles. The van der Waals surface area contributed by atoms with Gasteiger partial charge in [0.1, 0.15) is 14.7 Å². The van der Waals surface area contributed by atoms with E-state index < -0.39 is 26.4 Å². The Kier molecular flexibility index (Phi) is 9.23. The average molecular weight is 663 g/mol. The van der Waals surface area contributed by atoms with Gasteiger partial charge in [-0.25, -0.2) is 4.79 Å². The zero-order chi connectivity index (χ0) is 34.6. The first-order valence-corrected chi connectivity index (χ1v) is 20.9. The van der Waals surface area contributed by atoms with Gasteiger partial charge in [-0.3, -0.25) is 4.90 Å². The first kappa shape index (κ1) is 34.5. The van der Waals surface area contributed by atoms with Gasteiger partial charge in [0, 0.05) is 44.2 Å². The lowest BCUT2D eigenvalue weighted by atomic mass is 9.70. The first-order valence-electron chi connectivity index (χ1n) is 17.4. The van der Waals surface area contributed by atoms with Crippen molar-refractivity contribution in [2.24, 2.45) is 0 Å². The average Bonchev–Trinajstić information content (AvgIpc) is 3.46. The molecule has 0 radical (unpaired) electrons. The van der Waals surface area contributed by atoms with E-state index in [1.165, 1.54) is 38.9 Å². The third kappa shape index (κ3) is 6.51. The highest BCUT2D eigenvalue weighted by molar-refractivity contribution is 6.83. The van der Waals surface area contributed by atoms with Crippen molar-refractivity contribution in [2.75, 3.05) is 32.8 Å². The van der Waals surface area contributed by atoms with Crippen LogP contribution in [0.3, 0.4) is 0 Å². The summed E-state index contributed by atoms with van der Waals surface area (Å²) in [6.45, 7) is 25.8. The molecule has 6 nitrogen and oxygen atoms in total. The van der Waals surface area contributed by atoms with Gasteiger partial charge in [-0.1, -0.05) is 74.1 Å². The number of hydrogen-bond donors (Lipinski definition) is 0. The highest BCUT2D eigenvalue weighted by Crippen LogP contribution is 2.44. The van der Waals surface area contributed by atoms with Crippen molar-refractivity contribution in [2.45, 2.75) is 91.8 Å². The van der Waals surface area contributed by atoms with Crippen LogP contribution in [0.4, 0.5) is 4.79 Å². The topological polar surface area (TPSA) is 51.2 Å². The van der Waals surface area contributed by atoms with Gasteiger partial charge >= 0.3 is 13.2 Å². The highest BCUT2D eigenvalue weighted by atomic mass is 28.3. The van der Waals surface area contributed by atoms with E-state index in [9.17, 15) is 4.79 Å². The second-order valence-corrected chi connectivity index (χ2v) is 20.5. The number of piperazine rings is 1. The maximum absolute atomic E-state index is 13.3. The van der Waals surface area contributed by atoms with E-state index in [-0.39, 0.29) is 12.0 Å². The van der Waals surface area contributed by atoms with Crippen molar-refractivity contribution in [1.82, 2.24) is 9.80 Å². The van der Waals surface area contributed by atoms with E-state index in [0.29, 0.717) is 19.7 Å². The molecule has 2 heterocycles. The molecule has 0 aromatic heterocycles. The van der Waals surface area contributed by atoms with Crippen LogP contribution in [0.1, 0.15) is 72.6 Å². The number of rotatable bonds is 5. The minimum absolute atomic E-state index is 0.0616. The summed E-state index contributed by atoms with van der Waals surface area (Å²) >= 11 is 0. The summed E-state index contributed by atoms with van der Waals surface area (Å²) in [4.78, 5) is 17.6. The summed E-state index contributed by atoms with van der Waals surface area (Å²) in [7, 11) is -2.06. The number of carbonyl (C=O) groups is 1. The fourth-order valence-corrected chi connectivity index (χ4v) is 7.78. The minimum Gasteiger partial charge on any atom is -0.448 e. The van der Waals surface area contributed by atoms with Gasteiger partial charge in [0.25, 0.3) is 0 Å². The number of amides is 1. The van der Waals surface area contributed by atoms with E-state index >= 15 is 0 Å². The molecule has 1 aliphatic carbocycles. The summed E-state index contributed by atoms with van der Waals surface area (Å²) in [5.41, 5.74) is 14.8. The van der Waals surface area contributed by atoms with Crippen molar-refractivity contribution in [3.8, 4) is 22.6 Å². The molecule has 0 spiro atoms. The van der Waals surface area contributed by atoms with Crippen LogP contribution < -0.4 is 5.46 Å². The lowest BCUT2D eigenvalue weighted by Gasteiger charge is -2.35. The summed E-state index contributed by atoms with van der Waals surface area (Å²) in [6, 6.07) is 16.9. The van der Waals surface area contributed by atoms with Gasteiger partial charge in [0.15, 0.2) is 0 Å². The molecule has 8 heteroatoms. The summed E-state index contributed by atoms with van der Waals surface area (Å²) in [6.07, 6.45) is -0.230. The van der Waals surface area contributed by atoms with Crippen LogP contribution in [0.5, 0.6) is 0 Å². The van der Waals surface area contributed by atoms with E-state index in [2.05, 4.69) is 133 Å². The van der Waals surface area contributed by atoms with Crippen LogP contribution in [-0.4, -0.2) is 75.1 Å². The quantitative estimate of drug-likeness (QED) is 0.214. The zero-order valence-corrected chi connectivity index (χ0v) is 31.5. The number of ether oxygens (including phenoxy) is 1. The van der Waals surface area contributed by atoms with Crippen molar-refractivity contribution in [3.63, 3.8) is 0 Å². The van der Waals surface area contributed by atoms with Gasteiger partial charge in [-0.15, -0.1) is 5.54 Å². The van der Waals surface area contributed by atoms with Gasteiger partial charge in [0.2, 0.25) is 0 Å². The summed E-state index contributed by atoms with van der Waals surface area (Å²) in [5.74, 6) is 3.68. The molecule has 2 fully saturated rings.